The minimum absolute atomic E-state index is 0.146. The van der Waals surface area contributed by atoms with Gasteiger partial charge in [-0.05, 0) is 32.4 Å². The van der Waals surface area contributed by atoms with Gasteiger partial charge in [0.1, 0.15) is 6.04 Å². The number of aryl methyl sites for hydroxylation is 1. The maximum atomic E-state index is 13.3. The second-order valence-electron chi connectivity index (χ2n) is 7.66. The Morgan fingerprint density at radius 2 is 2.07 bits per heavy atom. The van der Waals surface area contributed by atoms with Crippen LogP contribution in [0.3, 0.4) is 0 Å². The number of ether oxygens (including phenoxy) is 1. The summed E-state index contributed by atoms with van der Waals surface area (Å²) in [4.78, 5) is 28.5. The van der Waals surface area contributed by atoms with Gasteiger partial charge in [-0.25, -0.2) is 4.68 Å². The summed E-state index contributed by atoms with van der Waals surface area (Å²) >= 11 is 1.58. The second-order valence-corrected chi connectivity index (χ2v) is 8.71. The third-order valence-corrected chi connectivity index (χ3v) is 6.92. The van der Waals surface area contributed by atoms with Crippen LogP contribution in [0.2, 0.25) is 0 Å². The highest BCUT2D eigenvalue weighted by Gasteiger charge is 2.24. The molecule has 30 heavy (non-hydrogen) atoms. The molecule has 0 unspecified atom stereocenters. The first kappa shape index (κ1) is 21.0. The predicted octanol–water partition coefficient (Wildman–Crippen LogP) is 2.71. The van der Waals surface area contributed by atoms with Crippen LogP contribution in [-0.4, -0.2) is 60.0 Å². The Bertz CT molecular complexity index is 1100. The zero-order valence-corrected chi connectivity index (χ0v) is 18.3. The number of nitrogens with one attached hydrogen (secondary N) is 1. The summed E-state index contributed by atoms with van der Waals surface area (Å²) in [5, 5.41) is 9.13. The van der Waals surface area contributed by atoms with E-state index >= 15 is 0 Å². The number of nitrogens with zero attached hydrogens (tertiary/aromatic N) is 3. The Morgan fingerprint density at radius 1 is 1.30 bits per heavy atom. The lowest BCUT2D eigenvalue weighted by Gasteiger charge is -2.26. The van der Waals surface area contributed by atoms with Crippen LogP contribution < -0.4 is 10.9 Å². The van der Waals surface area contributed by atoms with E-state index in [4.69, 9.17) is 4.74 Å². The standard InChI is InChI=1S/C22H28N4O3S/c1-3-17(21(27)23-9-6-10-25-11-13-29-14-12-25)26-22(28)19-16-7-4-5-8-18(16)30-20(19)15(2)24-26/h4-5,7-8,17H,3,6,9-14H2,1-2H3,(H,23,27)/t17-/m1/s1. The van der Waals surface area contributed by atoms with E-state index < -0.39 is 6.04 Å². The van der Waals surface area contributed by atoms with Gasteiger partial charge in [-0.3, -0.25) is 14.5 Å². The fraction of sp³-hybridized carbons (Fsp3) is 0.500. The minimum Gasteiger partial charge on any atom is -0.379 e. The summed E-state index contributed by atoms with van der Waals surface area (Å²) in [7, 11) is 0. The highest BCUT2D eigenvalue weighted by Crippen LogP contribution is 2.33. The van der Waals surface area contributed by atoms with Crippen molar-refractivity contribution in [3.63, 3.8) is 0 Å². The molecular weight excluding hydrogens is 400 g/mol. The second kappa shape index (κ2) is 9.24. The Morgan fingerprint density at radius 3 is 2.83 bits per heavy atom. The number of rotatable bonds is 7. The van der Waals surface area contributed by atoms with E-state index in [1.165, 1.54) is 4.68 Å². The molecule has 1 atom stereocenters. The molecule has 4 rings (SSSR count). The van der Waals surface area contributed by atoms with E-state index in [0.717, 1.165) is 59.7 Å². The molecule has 1 aromatic carbocycles. The van der Waals surface area contributed by atoms with Gasteiger partial charge in [0.15, 0.2) is 0 Å². The van der Waals surface area contributed by atoms with Gasteiger partial charge in [0.2, 0.25) is 5.91 Å². The third kappa shape index (κ3) is 4.12. The molecule has 3 aromatic rings. The van der Waals surface area contributed by atoms with Crippen LogP contribution >= 0.6 is 11.3 Å². The molecule has 3 heterocycles. The van der Waals surface area contributed by atoms with E-state index in [1.807, 2.05) is 38.1 Å². The van der Waals surface area contributed by atoms with Crippen molar-refractivity contribution in [1.82, 2.24) is 20.0 Å². The quantitative estimate of drug-likeness (QED) is 0.586. The van der Waals surface area contributed by atoms with Crippen LogP contribution in [-0.2, 0) is 9.53 Å². The summed E-state index contributed by atoms with van der Waals surface area (Å²) in [6.07, 6.45) is 1.38. The molecule has 0 spiro atoms. The third-order valence-electron chi connectivity index (χ3n) is 5.64. The molecule has 1 saturated heterocycles. The molecule has 1 amide bonds. The average Bonchev–Trinajstić information content (AvgIpc) is 3.16. The van der Waals surface area contributed by atoms with Crippen LogP contribution in [0.15, 0.2) is 29.1 Å². The molecule has 0 bridgehead atoms. The number of carbonyl (C=O) groups is 1. The molecule has 0 radical (unpaired) electrons. The molecule has 160 valence electrons. The van der Waals surface area contributed by atoms with Crippen molar-refractivity contribution >= 4 is 37.4 Å². The Labute approximate surface area is 179 Å². The summed E-state index contributed by atoms with van der Waals surface area (Å²) < 4.78 is 8.71. The fourth-order valence-electron chi connectivity index (χ4n) is 4.02. The number of morpholine rings is 1. The zero-order chi connectivity index (χ0) is 21.1. The first-order valence-corrected chi connectivity index (χ1v) is 11.4. The Hall–Kier alpha value is -2.29. The molecular formula is C22H28N4O3S. The van der Waals surface area contributed by atoms with Crippen molar-refractivity contribution in [3.8, 4) is 0 Å². The van der Waals surface area contributed by atoms with E-state index in [1.54, 1.807) is 11.3 Å². The molecule has 1 fully saturated rings. The van der Waals surface area contributed by atoms with Gasteiger partial charge in [-0.1, -0.05) is 25.1 Å². The molecule has 2 aromatic heterocycles. The molecule has 0 aliphatic carbocycles. The number of aromatic nitrogens is 2. The number of fused-ring (bicyclic) bond motifs is 3. The number of amides is 1. The van der Waals surface area contributed by atoms with E-state index in [0.29, 0.717) is 18.4 Å². The van der Waals surface area contributed by atoms with Crippen LogP contribution in [0.4, 0.5) is 0 Å². The average molecular weight is 429 g/mol. The van der Waals surface area contributed by atoms with Gasteiger partial charge in [0.25, 0.3) is 5.56 Å². The topological polar surface area (TPSA) is 76.5 Å². The number of thiophene rings is 1. The molecule has 8 heteroatoms. The zero-order valence-electron chi connectivity index (χ0n) is 17.5. The lowest BCUT2D eigenvalue weighted by Crippen LogP contribution is -2.40. The lowest BCUT2D eigenvalue weighted by molar-refractivity contribution is -0.124. The van der Waals surface area contributed by atoms with Crippen molar-refractivity contribution in [3.05, 3.63) is 40.3 Å². The number of carbonyl (C=O) groups excluding carboxylic acids is 1. The normalized spacial score (nSPS) is 16.2. The van der Waals surface area contributed by atoms with Crippen molar-refractivity contribution in [2.45, 2.75) is 32.7 Å². The Balaban J connectivity index is 1.52. The fourth-order valence-corrected chi connectivity index (χ4v) is 5.15. The molecule has 1 aliphatic rings. The van der Waals surface area contributed by atoms with E-state index in [2.05, 4.69) is 15.3 Å². The lowest BCUT2D eigenvalue weighted by atomic mass is 10.1. The largest absolute Gasteiger partial charge is 0.379 e. The molecule has 1 N–H and O–H groups in total. The summed E-state index contributed by atoms with van der Waals surface area (Å²) in [6, 6.07) is 7.28. The van der Waals surface area contributed by atoms with Gasteiger partial charge < -0.3 is 10.1 Å². The van der Waals surface area contributed by atoms with Crippen LogP contribution in [0, 0.1) is 6.92 Å². The minimum atomic E-state index is -0.609. The number of hydrogen-bond acceptors (Lipinski definition) is 6. The van der Waals surface area contributed by atoms with Gasteiger partial charge in [0.05, 0.1) is 29.0 Å². The maximum absolute atomic E-state index is 13.3. The van der Waals surface area contributed by atoms with Crippen LogP contribution in [0.5, 0.6) is 0 Å². The highest BCUT2D eigenvalue weighted by molar-refractivity contribution is 7.26. The van der Waals surface area contributed by atoms with Crippen molar-refractivity contribution in [1.29, 1.82) is 0 Å². The smallest absolute Gasteiger partial charge is 0.276 e. The van der Waals surface area contributed by atoms with Gasteiger partial charge in [-0.15, -0.1) is 11.3 Å². The highest BCUT2D eigenvalue weighted by atomic mass is 32.1. The predicted molar refractivity (Wildman–Crippen MR) is 120 cm³/mol. The van der Waals surface area contributed by atoms with Crippen molar-refractivity contribution in [2.75, 3.05) is 39.4 Å². The number of benzene rings is 1. The van der Waals surface area contributed by atoms with Crippen molar-refractivity contribution < 1.29 is 9.53 Å². The van der Waals surface area contributed by atoms with Crippen molar-refractivity contribution in [2.24, 2.45) is 0 Å². The first-order chi connectivity index (χ1) is 14.6. The monoisotopic (exact) mass is 428 g/mol. The maximum Gasteiger partial charge on any atom is 0.276 e. The number of hydrogen-bond donors (Lipinski definition) is 1. The molecule has 1 aliphatic heterocycles. The molecule has 0 saturated carbocycles. The SMILES string of the molecule is CC[C@H](C(=O)NCCCN1CCOCC1)n1nc(C)c2sc3ccccc3c2c1=O. The van der Waals surface area contributed by atoms with Gasteiger partial charge in [0, 0.05) is 29.7 Å². The van der Waals surface area contributed by atoms with Gasteiger partial charge >= 0.3 is 0 Å². The van der Waals surface area contributed by atoms with E-state index in [9.17, 15) is 9.59 Å². The van der Waals surface area contributed by atoms with E-state index in [-0.39, 0.29) is 11.5 Å². The molecule has 7 nitrogen and oxygen atoms in total. The Kier molecular flexibility index (Phi) is 6.46. The van der Waals surface area contributed by atoms with Crippen LogP contribution in [0.1, 0.15) is 31.5 Å². The summed E-state index contributed by atoms with van der Waals surface area (Å²) in [6.45, 7) is 8.78. The van der Waals surface area contributed by atoms with Gasteiger partial charge in [-0.2, -0.15) is 5.10 Å². The first-order valence-electron chi connectivity index (χ1n) is 10.6. The summed E-state index contributed by atoms with van der Waals surface area (Å²) in [5.74, 6) is -0.146. The summed E-state index contributed by atoms with van der Waals surface area (Å²) in [5.41, 5.74) is 0.590. The van der Waals surface area contributed by atoms with Crippen LogP contribution in [0.25, 0.3) is 20.2 Å².